The zero-order valence-electron chi connectivity index (χ0n) is 13.6. The van der Waals surface area contributed by atoms with Gasteiger partial charge in [0.2, 0.25) is 10.0 Å². The first kappa shape index (κ1) is 18.0. The van der Waals surface area contributed by atoms with Gasteiger partial charge in [0.05, 0.1) is 22.7 Å². The zero-order chi connectivity index (χ0) is 18.4. The van der Waals surface area contributed by atoms with Crippen molar-refractivity contribution in [3.05, 3.63) is 57.6 Å². The first-order chi connectivity index (χ1) is 11.7. The van der Waals surface area contributed by atoms with Crippen molar-refractivity contribution in [1.82, 2.24) is 0 Å². The Morgan fingerprint density at radius 3 is 2.56 bits per heavy atom. The van der Waals surface area contributed by atoms with Gasteiger partial charge < -0.3 is 5.32 Å². The molecule has 0 radical (unpaired) electrons. The van der Waals surface area contributed by atoms with Crippen molar-refractivity contribution in [2.24, 2.45) is 0 Å². The van der Waals surface area contributed by atoms with Gasteiger partial charge in [-0.05, 0) is 55.3 Å². The minimum absolute atomic E-state index is 0.172. The Morgan fingerprint density at radius 1 is 1.20 bits per heavy atom. The van der Waals surface area contributed by atoms with Gasteiger partial charge in [0.1, 0.15) is 0 Å². The van der Waals surface area contributed by atoms with Crippen LogP contribution in [-0.4, -0.2) is 26.6 Å². The van der Waals surface area contributed by atoms with Crippen molar-refractivity contribution in [1.29, 1.82) is 0 Å². The Labute approximate surface area is 156 Å². The summed E-state index contributed by atoms with van der Waals surface area (Å²) in [5.41, 5.74) is 2.35. The predicted octanol–water partition coefficient (Wildman–Crippen LogP) is 3.96. The highest BCUT2D eigenvalue weighted by molar-refractivity contribution is 7.92. The van der Waals surface area contributed by atoms with Crippen molar-refractivity contribution < 1.29 is 13.2 Å². The molecule has 0 saturated carbocycles. The second-order valence-corrected chi connectivity index (χ2v) is 8.74. The SMILES string of the molecule is CC1Cc2cc(C(=O)Nc3ccc(Cl)cc3Cl)ccc2N1S(C)(=O)=O. The zero-order valence-corrected chi connectivity index (χ0v) is 15.9. The molecule has 1 amide bonds. The molecular weight excluding hydrogens is 383 g/mol. The normalized spacial score (nSPS) is 16.6. The molecule has 1 unspecified atom stereocenters. The fourth-order valence-electron chi connectivity index (χ4n) is 3.03. The fraction of sp³-hybridized carbons (Fsp3) is 0.235. The van der Waals surface area contributed by atoms with Crippen LogP contribution in [0.5, 0.6) is 0 Å². The summed E-state index contributed by atoms with van der Waals surface area (Å²) in [4.78, 5) is 12.5. The lowest BCUT2D eigenvalue weighted by atomic mass is 10.1. The van der Waals surface area contributed by atoms with E-state index < -0.39 is 10.0 Å². The van der Waals surface area contributed by atoms with E-state index in [-0.39, 0.29) is 11.9 Å². The smallest absolute Gasteiger partial charge is 0.255 e. The monoisotopic (exact) mass is 398 g/mol. The number of benzene rings is 2. The Kier molecular flexibility index (Phi) is 4.70. The number of halogens is 2. The summed E-state index contributed by atoms with van der Waals surface area (Å²) in [6.45, 7) is 1.84. The molecule has 0 bridgehead atoms. The van der Waals surface area contributed by atoms with E-state index in [4.69, 9.17) is 23.2 Å². The molecule has 2 aromatic rings. The first-order valence-corrected chi connectivity index (χ1v) is 10.2. The molecule has 1 atom stereocenters. The predicted molar refractivity (Wildman–Crippen MR) is 101 cm³/mol. The summed E-state index contributed by atoms with van der Waals surface area (Å²) in [5.74, 6) is -0.322. The molecule has 0 saturated heterocycles. The molecule has 1 heterocycles. The molecule has 1 N–H and O–H groups in total. The van der Waals surface area contributed by atoms with Gasteiger partial charge in [-0.2, -0.15) is 0 Å². The summed E-state index contributed by atoms with van der Waals surface area (Å²) >= 11 is 11.9. The highest BCUT2D eigenvalue weighted by Gasteiger charge is 2.32. The minimum Gasteiger partial charge on any atom is -0.321 e. The Bertz CT molecular complexity index is 960. The Balaban J connectivity index is 1.88. The number of anilines is 2. The van der Waals surface area contributed by atoms with Crippen LogP contribution in [-0.2, 0) is 16.4 Å². The van der Waals surface area contributed by atoms with E-state index in [2.05, 4.69) is 5.32 Å². The lowest BCUT2D eigenvalue weighted by molar-refractivity contribution is 0.102. The third-order valence-corrected chi connectivity index (χ3v) is 5.85. The van der Waals surface area contributed by atoms with Crippen molar-refractivity contribution in [2.75, 3.05) is 15.9 Å². The van der Waals surface area contributed by atoms with E-state index in [1.165, 1.54) is 10.6 Å². The van der Waals surface area contributed by atoms with Crippen LogP contribution in [0.25, 0.3) is 0 Å². The van der Waals surface area contributed by atoms with Crippen LogP contribution in [0.15, 0.2) is 36.4 Å². The third-order valence-electron chi connectivity index (χ3n) is 4.03. The molecule has 25 heavy (non-hydrogen) atoms. The van der Waals surface area contributed by atoms with E-state index in [9.17, 15) is 13.2 Å². The van der Waals surface area contributed by atoms with Crippen molar-refractivity contribution >= 4 is 50.5 Å². The standard InChI is InChI=1S/C17H16Cl2N2O3S/c1-10-7-12-8-11(3-6-16(12)21(10)25(2,23)24)17(22)20-15-5-4-13(18)9-14(15)19/h3-6,8-10H,7H2,1-2H3,(H,20,22). The summed E-state index contributed by atoms with van der Waals surface area (Å²) in [6.07, 6.45) is 1.74. The number of carbonyl (C=O) groups is 1. The molecule has 3 rings (SSSR count). The van der Waals surface area contributed by atoms with Crippen LogP contribution >= 0.6 is 23.2 Å². The van der Waals surface area contributed by atoms with E-state index in [0.717, 1.165) is 5.56 Å². The van der Waals surface area contributed by atoms with Crippen LogP contribution in [0.2, 0.25) is 10.0 Å². The average molecular weight is 399 g/mol. The molecule has 8 heteroatoms. The molecule has 2 aromatic carbocycles. The van der Waals surface area contributed by atoms with Crippen molar-refractivity contribution in [2.45, 2.75) is 19.4 Å². The van der Waals surface area contributed by atoms with Gasteiger partial charge >= 0.3 is 0 Å². The molecule has 0 aliphatic carbocycles. The van der Waals surface area contributed by atoms with Gasteiger partial charge in [-0.25, -0.2) is 8.42 Å². The van der Waals surface area contributed by atoms with Crippen molar-refractivity contribution in [3.63, 3.8) is 0 Å². The van der Waals surface area contributed by atoms with Gasteiger partial charge in [-0.1, -0.05) is 23.2 Å². The second-order valence-electron chi connectivity index (χ2n) is 6.03. The number of nitrogens with zero attached hydrogens (tertiary/aromatic N) is 1. The largest absolute Gasteiger partial charge is 0.321 e. The van der Waals surface area contributed by atoms with Crippen LogP contribution in [0.1, 0.15) is 22.8 Å². The van der Waals surface area contributed by atoms with E-state index in [0.29, 0.717) is 33.4 Å². The molecule has 1 aliphatic rings. The number of hydrogen-bond acceptors (Lipinski definition) is 3. The molecule has 0 fully saturated rings. The summed E-state index contributed by atoms with van der Waals surface area (Å²) in [7, 11) is -3.35. The fourth-order valence-corrected chi connectivity index (χ4v) is 4.75. The summed E-state index contributed by atoms with van der Waals surface area (Å²) in [6, 6.07) is 9.63. The van der Waals surface area contributed by atoms with Gasteiger partial charge in [0, 0.05) is 16.6 Å². The van der Waals surface area contributed by atoms with Crippen LogP contribution in [0, 0.1) is 0 Å². The van der Waals surface area contributed by atoms with Crippen molar-refractivity contribution in [3.8, 4) is 0 Å². The average Bonchev–Trinajstić information content (AvgIpc) is 2.84. The van der Waals surface area contributed by atoms with Gasteiger partial charge in [-0.15, -0.1) is 0 Å². The van der Waals surface area contributed by atoms with E-state index in [1.807, 2.05) is 6.92 Å². The first-order valence-electron chi connectivity index (χ1n) is 7.55. The minimum atomic E-state index is -3.35. The quantitative estimate of drug-likeness (QED) is 0.850. The Hall–Kier alpha value is -1.76. The number of hydrogen-bond donors (Lipinski definition) is 1. The Morgan fingerprint density at radius 2 is 1.92 bits per heavy atom. The molecule has 1 aliphatic heterocycles. The number of carbonyl (C=O) groups excluding carboxylic acids is 1. The van der Waals surface area contributed by atoms with Crippen LogP contribution in [0.3, 0.4) is 0 Å². The number of amides is 1. The third kappa shape index (κ3) is 3.61. The molecule has 0 aromatic heterocycles. The van der Waals surface area contributed by atoms with Gasteiger partial charge in [0.15, 0.2) is 0 Å². The molecule has 0 spiro atoms. The topological polar surface area (TPSA) is 66.5 Å². The van der Waals surface area contributed by atoms with E-state index >= 15 is 0 Å². The second kappa shape index (κ2) is 6.52. The summed E-state index contributed by atoms with van der Waals surface area (Å²) in [5, 5.41) is 3.56. The van der Waals surface area contributed by atoms with Gasteiger partial charge in [-0.3, -0.25) is 9.10 Å². The molecular formula is C17H16Cl2N2O3S. The highest BCUT2D eigenvalue weighted by atomic mass is 35.5. The summed E-state index contributed by atoms with van der Waals surface area (Å²) < 4.78 is 25.3. The maximum atomic E-state index is 12.5. The van der Waals surface area contributed by atoms with Crippen LogP contribution < -0.4 is 9.62 Å². The van der Waals surface area contributed by atoms with Crippen LogP contribution in [0.4, 0.5) is 11.4 Å². The number of sulfonamides is 1. The van der Waals surface area contributed by atoms with Gasteiger partial charge in [0.25, 0.3) is 5.91 Å². The highest BCUT2D eigenvalue weighted by Crippen LogP contribution is 2.35. The lowest BCUT2D eigenvalue weighted by Crippen LogP contribution is -2.34. The maximum absolute atomic E-state index is 12.5. The maximum Gasteiger partial charge on any atom is 0.255 e. The molecule has 5 nitrogen and oxygen atoms in total. The number of fused-ring (bicyclic) bond motifs is 1. The van der Waals surface area contributed by atoms with E-state index in [1.54, 1.807) is 36.4 Å². The number of rotatable bonds is 3. The molecule has 132 valence electrons. The lowest BCUT2D eigenvalue weighted by Gasteiger charge is -2.21. The number of nitrogens with one attached hydrogen (secondary N) is 1.